The molecule has 1 aromatic carbocycles. The number of nitro groups is 1. The summed E-state index contributed by atoms with van der Waals surface area (Å²) in [5, 5.41) is 13.2. The highest BCUT2D eigenvalue weighted by atomic mass is 35.5. The molecule has 0 bridgehead atoms. The molecule has 1 amide bonds. The fourth-order valence-electron chi connectivity index (χ4n) is 1.43. The minimum absolute atomic E-state index is 0.0928. The molecule has 0 saturated heterocycles. The molecule has 6 nitrogen and oxygen atoms in total. The van der Waals surface area contributed by atoms with Crippen molar-refractivity contribution < 1.29 is 14.1 Å². The minimum Gasteiger partial charge on any atom is -0.320 e. The molecule has 8 heteroatoms. The number of rotatable bonds is 3. The van der Waals surface area contributed by atoms with Crippen LogP contribution in [0.2, 0.25) is 5.02 Å². The van der Waals surface area contributed by atoms with Crippen molar-refractivity contribution in [3.63, 3.8) is 0 Å². The van der Waals surface area contributed by atoms with Gasteiger partial charge in [0.1, 0.15) is 0 Å². The highest BCUT2D eigenvalue weighted by Gasteiger charge is 2.13. The Balaban J connectivity index is 2.25. The first-order valence-corrected chi connectivity index (χ1v) is 5.72. The lowest BCUT2D eigenvalue weighted by molar-refractivity contribution is -0.384. The number of anilines is 1. The van der Waals surface area contributed by atoms with E-state index in [1.54, 1.807) is 0 Å². The van der Waals surface area contributed by atoms with Crippen LogP contribution in [0.25, 0.3) is 0 Å². The molecule has 0 atom stereocenters. The van der Waals surface area contributed by atoms with Gasteiger partial charge in [0.05, 0.1) is 21.2 Å². The molecular formula is C12H7ClFN3O3. The maximum Gasteiger partial charge on any atom is 0.271 e. The van der Waals surface area contributed by atoms with E-state index in [9.17, 15) is 19.3 Å². The number of hydrogen-bond donors (Lipinski definition) is 1. The third kappa shape index (κ3) is 3.07. The quantitative estimate of drug-likeness (QED) is 0.536. The van der Waals surface area contributed by atoms with Crippen molar-refractivity contribution in [2.45, 2.75) is 0 Å². The number of hydrogen-bond acceptors (Lipinski definition) is 4. The molecular weight excluding hydrogens is 289 g/mol. The fourth-order valence-corrected chi connectivity index (χ4v) is 1.59. The van der Waals surface area contributed by atoms with Gasteiger partial charge < -0.3 is 5.32 Å². The molecule has 0 fully saturated rings. The van der Waals surface area contributed by atoms with Gasteiger partial charge in [-0.3, -0.25) is 14.9 Å². The maximum atomic E-state index is 12.6. The summed E-state index contributed by atoms with van der Waals surface area (Å²) in [5.41, 5.74) is -0.00824. The summed E-state index contributed by atoms with van der Waals surface area (Å²) < 4.78 is 12.6. The summed E-state index contributed by atoms with van der Waals surface area (Å²) >= 11 is 5.84. The first-order chi connectivity index (χ1) is 9.47. The Morgan fingerprint density at radius 2 is 2.10 bits per heavy atom. The standard InChI is InChI=1S/C12H7ClFN3O3/c13-9-3-2-8(17(19)20)5-10(9)16-12(18)7-1-4-11(14)15-6-7/h1-6H,(H,16,18). The van der Waals surface area contributed by atoms with Crippen molar-refractivity contribution in [2.75, 3.05) is 5.32 Å². The van der Waals surface area contributed by atoms with Crippen LogP contribution in [0.4, 0.5) is 15.8 Å². The topological polar surface area (TPSA) is 85.1 Å². The second-order valence-corrected chi connectivity index (χ2v) is 4.15. The Morgan fingerprint density at radius 3 is 2.70 bits per heavy atom. The maximum absolute atomic E-state index is 12.6. The minimum atomic E-state index is -0.713. The zero-order chi connectivity index (χ0) is 14.7. The van der Waals surface area contributed by atoms with Crippen molar-refractivity contribution >= 4 is 28.9 Å². The SMILES string of the molecule is O=C(Nc1cc([N+](=O)[O-])ccc1Cl)c1ccc(F)nc1. The summed E-state index contributed by atoms with van der Waals surface area (Å²) in [5.74, 6) is -1.31. The Labute approximate surface area is 117 Å². The lowest BCUT2D eigenvalue weighted by atomic mass is 10.2. The monoisotopic (exact) mass is 295 g/mol. The number of nitrogens with zero attached hydrogens (tertiary/aromatic N) is 2. The van der Waals surface area contributed by atoms with Crippen LogP contribution in [0, 0.1) is 16.1 Å². The third-order valence-corrected chi connectivity index (χ3v) is 2.73. The molecule has 0 aliphatic rings. The van der Waals surface area contributed by atoms with Crippen LogP contribution in [-0.2, 0) is 0 Å². The number of non-ortho nitro benzene ring substituents is 1. The largest absolute Gasteiger partial charge is 0.320 e. The van der Waals surface area contributed by atoms with Crippen molar-refractivity contribution in [1.82, 2.24) is 4.98 Å². The summed E-state index contributed by atoms with van der Waals surface area (Å²) in [4.78, 5) is 25.2. The summed E-state index contributed by atoms with van der Waals surface area (Å²) in [6, 6.07) is 5.93. The zero-order valence-corrected chi connectivity index (χ0v) is 10.6. The van der Waals surface area contributed by atoms with Crippen molar-refractivity contribution in [1.29, 1.82) is 0 Å². The number of pyridine rings is 1. The summed E-state index contributed by atoms with van der Waals surface area (Å²) in [7, 11) is 0. The number of benzene rings is 1. The molecule has 0 unspecified atom stereocenters. The molecule has 1 aromatic heterocycles. The number of amides is 1. The van der Waals surface area contributed by atoms with E-state index in [-0.39, 0.29) is 22.0 Å². The van der Waals surface area contributed by atoms with Crippen molar-refractivity contribution in [3.8, 4) is 0 Å². The van der Waals surface area contributed by atoms with Gasteiger partial charge in [-0.2, -0.15) is 4.39 Å². The Morgan fingerprint density at radius 1 is 1.35 bits per heavy atom. The van der Waals surface area contributed by atoms with Gasteiger partial charge in [-0.25, -0.2) is 4.98 Å². The van der Waals surface area contributed by atoms with E-state index in [4.69, 9.17) is 11.6 Å². The summed E-state index contributed by atoms with van der Waals surface area (Å²) in [6.45, 7) is 0. The van der Waals surface area contributed by atoms with Gasteiger partial charge in [-0.15, -0.1) is 0 Å². The molecule has 0 aliphatic heterocycles. The average Bonchev–Trinajstić information content (AvgIpc) is 2.41. The van der Waals surface area contributed by atoms with Gasteiger partial charge in [0.25, 0.3) is 11.6 Å². The Kier molecular flexibility index (Phi) is 3.90. The molecule has 1 N–H and O–H groups in total. The van der Waals surface area contributed by atoms with Crippen LogP contribution in [0.3, 0.4) is 0 Å². The number of aromatic nitrogens is 1. The number of carbonyl (C=O) groups excluding carboxylic acids is 1. The Bertz CT molecular complexity index is 676. The summed E-state index contributed by atoms with van der Waals surface area (Å²) in [6.07, 6.45) is 1.05. The molecule has 0 aliphatic carbocycles. The molecule has 0 radical (unpaired) electrons. The number of halogens is 2. The van der Waals surface area contributed by atoms with Crippen molar-refractivity contribution in [3.05, 3.63) is 63.2 Å². The van der Waals surface area contributed by atoms with E-state index in [1.807, 2.05) is 0 Å². The fraction of sp³-hybridized carbons (Fsp3) is 0. The number of nitro benzene ring substituents is 1. The second kappa shape index (κ2) is 5.62. The van der Waals surface area contributed by atoms with Crippen LogP contribution in [-0.4, -0.2) is 15.8 Å². The van der Waals surface area contributed by atoms with Crippen LogP contribution in [0.5, 0.6) is 0 Å². The van der Waals surface area contributed by atoms with Crippen LogP contribution in [0.15, 0.2) is 36.5 Å². The van der Waals surface area contributed by atoms with Gasteiger partial charge in [0, 0.05) is 18.3 Å². The van der Waals surface area contributed by atoms with Gasteiger partial charge >= 0.3 is 0 Å². The smallest absolute Gasteiger partial charge is 0.271 e. The van der Waals surface area contributed by atoms with Crippen LogP contribution < -0.4 is 5.32 Å². The van der Waals surface area contributed by atoms with Gasteiger partial charge in [-0.05, 0) is 18.2 Å². The van der Waals surface area contributed by atoms with Gasteiger partial charge in [0.15, 0.2) is 0 Å². The Hall–Kier alpha value is -2.54. The predicted molar refractivity (Wildman–Crippen MR) is 70.3 cm³/mol. The first-order valence-electron chi connectivity index (χ1n) is 5.34. The van der Waals surface area contributed by atoms with E-state index in [0.717, 1.165) is 18.3 Å². The lowest BCUT2D eigenvalue weighted by Gasteiger charge is -2.06. The third-order valence-electron chi connectivity index (χ3n) is 2.40. The van der Waals surface area contributed by atoms with E-state index in [2.05, 4.69) is 10.3 Å². The van der Waals surface area contributed by atoms with Crippen LogP contribution >= 0.6 is 11.6 Å². The van der Waals surface area contributed by atoms with E-state index < -0.39 is 16.8 Å². The molecule has 0 spiro atoms. The zero-order valence-electron chi connectivity index (χ0n) is 9.84. The molecule has 0 saturated carbocycles. The van der Waals surface area contributed by atoms with Crippen molar-refractivity contribution in [2.24, 2.45) is 0 Å². The van der Waals surface area contributed by atoms with Crippen LogP contribution in [0.1, 0.15) is 10.4 Å². The average molecular weight is 296 g/mol. The van der Waals surface area contributed by atoms with Gasteiger partial charge in [0.2, 0.25) is 5.95 Å². The van der Waals surface area contributed by atoms with E-state index in [1.165, 1.54) is 18.2 Å². The lowest BCUT2D eigenvalue weighted by Crippen LogP contribution is -2.12. The number of carbonyl (C=O) groups is 1. The highest BCUT2D eigenvalue weighted by Crippen LogP contribution is 2.27. The first kappa shape index (κ1) is 13.9. The molecule has 2 aromatic rings. The normalized spacial score (nSPS) is 10.1. The molecule has 102 valence electrons. The molecule has 1 heterocycles. The van der Waals surface area contributed by atoms with E-state index >= 15 is 0 Å². The molecule has 2 rings (SSSR count). The molecule has 20 heavy (non-hydrogen) atoms. The number of nitrogens with one attached hydrogen (secondary N) is 1. The second-order valence-electron chi connectivity index (χ2n) is 3.74. The highest BCUT2D eigenvalue weighted by molar-refractivity contribution is 6.34. The predicted octanol–water partition coefficient (Wildman–Crippen LogP) is 3.03. The van der Waals surface area contributed by atoms with Gasteiger partial charge in [-0.1, -0.05) is 11.6 Å². The van der Waals surface area contributed by atoms with E-state index in [0.29, 0.717) is 0 Å².